The molecule has 3 N–H and O–H groups in total. The number of hydrogen-bond acceptors (Lipinski definition) is 3. The van der Waals surface area contributed by atoms with Crippen molar-refractivity contribution in [1.82, 2.24) is 15.1 Å². The lowest BCUT2D eigenvalue weighted by Gasteiger charge is -2.05. The molecular weight excluding hydrogens is 228 g/mol. The number of hydrogen-bond donors (Lipinski definition) is 2. The molecule has 1 aromatic heterocycles. The number of amides is 1. The monoisotopic (exact) mass is 244 g/mol. The van der Waals surface area contributed by atoms with E-state index in [4.69, 9.17) is 5.73 Å². The highest BCUT2D eigenvalue weighted by Gasteiger charge is 2.01. The van der Waals surface area contributed by atoms with Gasteiger partial charge in [0.1, 0.15) is 6.54 Å². The van der Waals surface area contributed by atoms with Gasteiger partial charge in [-0.2, -0.15) is 5.10 Å². The Hall–Kier alpha value is -2.30. The van der Waals surface area contributed by atoms with E-state index in [0.29, 0.717) is 6.54 Å². The van der Waals surface area contributed by atoms with Crippen LogP contribution >= 0.6 is 0 Å². The molecule has 0 radical (unpaired) electrons. The van der Waals surface area contributed by atoms with E-state index in [1.165, 1.54) is 0 Å². The van der Waals surface area contributed by atoms with E-state index in [-0.39, 0.29) is 12.5 Å². The smallest absolute Gasteiger partial charge is 0.241 e. The first-order chi connectivity index (χ1) is 8.74. The maximum atomic E-state index is 11.6. The predicted octanol–water partition coefficient (Wildman–Crippen LogP) is 0.824. The van der Waals surface area contributed by atoms with E-state index in [1.807, 2.05) is 24.3 Å². The van der Waals surface area contributed by atoms with Gasteiger partial charge in [-0.25, -0.2) is 0 Å². The average molecular weight is 244 g/mol. The van der Waals surface area contributed by atoms with Crippen molar-refractivity contribution in [2.75, 3.05) is 12.3 Å². The Labute approximate surface area is 106 Å². The Morgan fingerprint density at radius 2 is 2.11 bits per heavy atom. The fraction of sp³-hybridized carbons (Fsp3) is 0.231. The van der Waals surface area contributed by atoms with Crippen LogP contribution in [0.25, 0.3) is 0 Å². The zero-order valence-electron chi connectivity index (χ0n) is 10.0. The van der Waals surface area contributed by atoms with Crippen LogP contribution in [0.5, 0.6) is 0 Å². The lowest BCUT2D eigenvalue weighted by Crippen LogP contribution is -2.29. The van der Waals surface area contributed by atoms with Crippen LogP contribution in [0.3, 0.4) is 0 Å². The first-order valence-corrected chi connectivity index (χ1v) is 5.82. The molecule has 0 fully saturated rings. The molecule has 0 aliphatic carbocycles. The fourth-order valence-corrected chi connectivity index (χ4v) is 1.63. The van der Waals surface area contributed by atoms with E-state index in [0.717, 1.165) is 17.7 Å². The molecule has 0 unspecified atom stereocenters. The second kappa shape index (κ2) is 5.86. The summed E-state index contributed by atoms with van der Waals surface area (Å²) in [4.78, 5) is 11.6. The number of carbonyl (C=O) groups is 1. The molecule has 0 spiro atoms. The molecule has 2 rings (SSSR count). The summed E-state index contributed by atoms with van der Waals surface area (Å²) < 4.78 is 1.60. The van der Waals surface area contributed by atoms with Gasteiger partial charge in [-0.15, -0.1) is 0 Å². The van der Waals surface area contributed by atoms with Gasteiger partial charge in [0.05, 0.1) is 0 Å². The molecular formula is C13H16N4O. The third kappa shape index (κ3) is 3.62. The predicted molar refractivity (Wildman–Crippen MR) is 69.8 cm³/mol. The molecule has 0 atom stereocenters. The normalized spacial score (nSPS) is 10.2. The highest BCUT2D eigenvalue weighted by molar-refractivity contribution is 5.75. The summed E-state index contributed by atoms with van der Waals surface area (Å²) in [6, 6.07) is 9.45. The number of rotatable bonds is 5. The third-order valence-electron chi connectivity index (χ3n) is 2.58. The van der Waals surface area contributed by atoms with Crippen LogP contribution < -0.4 is 11.1 Å². The number of aromatic nitrogens is 2. The van der Waals surface area contributed by atoms with Crippen molar-refractivity contribution in [2.45, 2.75) is 13.0 Å². The van der Waals surface area contributed by atoms with Crippen molar-refractivity contribution in [3.8, 4) is 0 Å². The molecule has 0 saturated carbocycles. The number of anilines is 1. The van der Waals surface area contributed by atoms with E-state index in [9.17, 15) is 4.79 Å². The molecule has 0 saturated heterocycles. The molecule has 0 bridgehead atoms. The fourth-order valence-electron chi connectivity index (χ4n) is 1.63. The van der Waals surface area contributed by atoms with Crippen molar-refractivity contribution in [3.05, 3.63) is 48.3 Å². The van der Waals surface area contributed by atoms with Crippen LogP contribution in [0.4, 0.5) is 5.69 Å². The van der Waals surface area contributed by atoms with Crippen molar-refractivity contribution in [1.29, 1.82) is 0 Å². The van der Waals surface area contributed by atoms with Crippen LogP contribution in [0.2, 0.25) is 0 Å². The van der Waals surface area contributed by atoms with Crippen molar-refractivity contribution in [3.63, 3.8) is 0 Å². The van der Waals surface area contributed by atoms with Gasteiger partial charge in [0.15, 0.2) is 0 Å². The summed E-state index contributed by atoms with van der Waals surface area (Å²) in [7, 11) is 0. The van der Waals surface area contributed by atoms with E-state index in [2.05, 4.69) is 10.4 Å². The highest BCUT2D eigenvalue weighted by atomic mass is 16.2. The number of benzene rings is 1. The van der Waals surface area contributed by atoms with Crippen molar-refractivity contribution >= 4 is 11.6 Å². The number of nitrogens with two attached hydrogens (primary N) is 1. The number of nitrogens with zero attached hydrogens (tertiary/aromatic N) is 2. The third-order valence-corrected chi connectivity index (χ3v) is 2.58. The SMILES string of the molecule is Nc1ccc(CCNC(=O)Cn2cccn2)cc1. The zero-order chi connectivity index (χ0) is 12.8. The Morgan fingerprint density at radius 3 is 2.78 bits per heavy atom. The summed E-state index contributed by atoms with van der Waals surface area (Å²) in [6.45, 7) is 0.874. The van der Waals surface area contributed by atoms with E-state index < -0.39 is 0 Å². The minimum absolute atomic E-state index is 0.0332. The topological polar surface area (TPSA) is 72.9 Å². The zero-order valence-corrected chi connectivity index (χ0v) is 10.0. The number of nitrogens with one attached hydrogen (secondary N) is 1. The summed E-state index contributed by atoms with van der Waals surface area (Å²) in [5.41, 5.74) is 7.51. The number of carbonyl (C=O) groups excluding carboxylic acids is 1. The van der Waals surface area contributed by atoms with Gasteiger partial charge < -0.3 is 11.1 Å². The van der Waals surface area contributed by atoms with Crippen molar-refractivity contribution < 1.29 is 4.79 Å². The molecule has 0 aliphatic heterocycles. The van der Waals surface area contributed by atoms with Crippen LogP contribution in [-0.2, 0) is 17.8 Å². The maximum absolute atomic E-state index is 11.6. The molecule has 18 heavy (non-hydrogen) atoms. The molecule has 1 amide bonds. The lowest BCUT2D eigenvalue weighted by atomic mass is 10.1. The molecule has 1 aromatic carbocycles. The lowest BCUT2D eigenvalue weighted by molar-refractivity contribution is -0.121. The van der Waals surface area contributed by atoms with Gasteiger partial charge >= 0.3 is 0 Å². The van der Waals surface area contributed by atoms with Gasteiger partial charge in [0.25, 0.3) is 0 Å². The first-order valence-electron chi connectivity index (χ1n) is 5.82. The van der Waals surface area contributed by atoms with E-state index in [1.54, 1.807) is 23.1 Å². The maximum Gasteiger partial charge on any atom is 0.241 e. The minimum Gasteiger partial charge on any atom is -0.399 e. The van der Waals surface area contributed by atoms with Gasteiger partial charge in [0, 0.05) is 24.6 Å². The quantitative estimate of drug-likeness (QED) is 0.765. The van der Waals surface area contributed by atoms with Crippen LogP contribution in [0.1, 0.15) is 5.56 Å². The minimum atomic E-state index is -0.0332. The standard InChI is InChI=1S/C13H16N4O/c14-12-4-2-11(3-5-12)6-8-15-13(18)10-17-9-1-7-16-17/h1-5,7,9H,6,8,10,14H2,(H,15,18). The van der Waals surface area contributed by atoms with Gasteiger partial charge in [0.2, 0.25) is 5.91 Å². The van der Waals surface area contributed by atoms with Crippen LogP contribution in [0.15, 0.2) is 42.7 Å². The van der Waals surface area contributed by atoms with Gasteiger partial charge in [-0.3, -0.25) is 9.48 Å². The first kappa shape index (κ1) is 12.2. The second-order valence-electron chi connectivity index (χ2n) is 4.05. The molecule has 0 aliphatic rings. The molecule has 2 aromatic rings. The molecule has 5 nitrogen and oxygen atoms in total. The highest BCUT2D eigenvalue weighted by Crippen LogP contribution is 2.05. The average Bonchev–Trinajstić information content (AvgIpc) is 2.84. The summed E-state index contributed by atoms with van der Waals surface area (Å²) in [6.07, 6.45) is 4.21. The van der Waals surface area contributed by atoms with Crippen LogP contribution in [0, 0.1) is 0 Å². The molecule has 94 valence electrons. The Balaban J connectivity index is 1.72. The van der Waals surface area contributed by atoms with Gasteiger partial charge in [-0.05, 0) is 30.2 Å². The summed E-state index contributed by atoms with van der Waals surface area (Å²) in [5.74, 6) is -0.0332. The molecule has 5 heteroatoms. The Kier molecular flexibility index (Phi) is 3.96. The van der Waals surface area contributed by atoms with E-state index >= 15 is 0 Å². The Bertz CT molecular complexity index is 490. The largest absolute Gasteiger partial charge is 0.399 e. The number of nitrogen functional groups attached to an aromatic ring is 1. The van der Waals surface area contributed by atoms with Crippen LogP contribution in [-0.4, -0.2) is 22.2 Å². The van der Waals surface area contributed by atoms with Gasteiger partial charge in [-0.1, -0.05) is 12.1 Å². The summed E-state index contributed by atoms with van der Waals surface area (Å²) >= 11 is 0. The second-order valence-corrected chi connectivity index (χ2v) is 4.05. The Morgan fingerprint density at radius 1 is 1.33 bits per heavy atom. The van der Waals surface area contributed by atoms with Crippen molar-refractivity contribution in [2.24, 2.45) is 0 Å². The molecule has 1 heterocycles. The summed E-state index contributed by atoms with van der Waals surface area (Å²) in [5, 5.41) is 6.83.